The Morgan fingerprint density at radius 3 is 2.76 bits per heavy atom. The number of anilines is 1. The SMILES string of the molecule is CCNc1cc(C2CCCC2)nc(COC)n1. The zero-order valence-electron chi connectivity index (χ0n) is 10.7. The average molecular weight is 235 g/mol. The lowest BCUT2D eigenvalue weighted by atomic mass is 10.0. The van der Waals surface area contributed by atoms with Crippen LogP contribution in [0.1, 0.15) is 50.0 Å². The Labute approximate surface area is 103 Å². The summed E-state index contributed by atoms with van der Waals surface area (Å²) in [5, 5.41) is 3.26. The van der Waals surface area contributed by atoms with E-state index >= 15 is 0 Å². The first-order chi connectivity index (χ1) is 8.33. The van der Waals surface area contributed by atoms with E-state index in [0.717, 1.165) is 18.2 Å². The highest BCUT2D eigenvalue weighted by Gasteiger charge is 2.19. The molecule has 0 radical (unpaired) electrons. The minimum absolute atomic E-state index is 0.485. The van der Waals surface area contributed by atoms with E-state index in [2.05, 4.69) is 28.3 Å². The summed E-state index contributed by atoms with van der Waals surface area (Å²) in [6.07, 6.45) is 5.17. The first-order valence-electron chi connectivity index (χ1n) is 6.44. The summed E-state index contributed by atoms with van der Waals surface area (Å²) in [5.74, 6) is 2.33. The van der Waals surface area contributed by atoms with Crippen LogP contribution in [0.3, 0.4) is 0 Å². The van der Waals surface area contributed by atoms with Crippen LogP contribution in [0.25, 0.3) is 0 Å². The van der Waals surface area contributed by atoms with Gasteiger partial charge in [-0.05, 0) is 19.8 Å². The molecular formula is C13H21N3O. The van der Waals surface area contributed by atoms with Gasteiger partial charge in [-0.2, -0.15) is 0 Å². The second-order valence-corrected chi connectivity index (χ2v) is 4.54. The van der Waals surface area contributed by atoms with E-state index in [4.69, 9.17) is 4.74 Å². The van der Waals surface area contributed by atoms with Crippen LogP contribution in [-0.4, -0.2) is 23.6 Å². The third kappa shape index (κ3) is 3.16. The predicted octanol–water partition coefficient (Wildman–Crippen LogP) is 2.71. The van der Waals surface area contributed by atoms with Crippen molar-refractivity contribution < 1.29 is 4.74 Å². The molecular weight excluding hydrogens is 214 g/mol. The molecule has 17 heavy (non-hydrogen) atoms. The number of hydrogen-bond acceptors (Lipinski definition) is 4. The number of methoxy groups -OCH3 is 1. The highest BCUT2D eigenvalue weighted by molar-refractivity contribution is 5.37. The fraction of sp³-hybridized carbons (Fsp3) is 0.692. The van der Waals surface area contributed by atoms with Crippen molar-refractivity contribution >= 4 is 5.82 Å². The molecule has 0 unspecified atom stereocenters. The van der Waals surface area contributed by atoms with Gasteiger partial charge in [-0.3, -0.25) is 0 Å². The Hall–Kier alpha value is -1.16. The van der Waals surface area contributed by atoms with Crippen molar-refractivity contribution in [1.29, 1.82) is 0 Å². The summed E-state index contributed by atoms with van der Waals surface area (Å²) in [4.78, 5) is 9.05. The van der Waals surface area contributed by atoms with Gasteiger partial charge in [0.15, 0.2) is 5.82 Å². The number of aromatic nitrogens is 2. The van der Waals surface area contributed by atoms with Crippen LogP contribution < -0.4 is 5.32 Å². The number of nitrogens with zero attached hydrogens (tertiary/aromatic N) is 2. The Balaban J connectivity index is 2.22. The molecule has 0 aromatic carbocycles. The third-order valence-corrected chi connectivity index (χ3v) is 3.20. The molecule has 1 saturated carbocycles. The number of rotatable bonds is 5. The molecule has 4 nitrogen and oxygen atoms in total. The van der Waals surface area contributed by atoms with E-state index in [1.54, 1.807) is 7.11 Å². The first kappa shape index (κ1) is 12.3. The second kappa shape index (κ2) is 5.96. The molecule has 94 valence electrons. The van der Waals surface area contributed by atoms with Gasteiger partial charge in [0.2, 0.25) is 0 Å². The molecule has 0 saturated heterocycles. The Kier molecular flexibility index (Phi) is 4.31. The van der Waals surface area contributed by atoms with Crippen molar-refractivity contribution in [2.75, 3.05) is 19.0 Å². The molecule has 0 amide bonds. The number of hydrogen-bond donors (Lipinski definition) is 1. The van der Waals surface area contributed by atoms with Gasteiger partial charge in [-0.1, -0.05) is 12.8 Å². The van der Waals surface area contributed by atoms with E-state index in [-0.39, 0.29) is 0 Å². The van der Waals surface area contributed by atoms with Crippen LogP contribution in [0.4, 0.5) is 5.82 Å². The van der Waals surface area contributed by atoms with Crippen molar-refractivity contribution in [2.45, 2.75) is 45.1 Å². The van der Waals surface area contributed by atoms with E-state index in [1.165, 1.54) is 31.4 Å². The Morgan fingerprint density at radius 2 is 2.12 bits per heavy atom. The van der Waals surface area contributed by atoms with E-state index in [0.29, 0.717) is 12.5 Å². The zero-order valence-corrected chi connectivity index (χ0v) is 10.7. The average Bonchev–Trinajstić information content (AvgIpc) is 2.83. The summed E-state index contributed by atoms with van der Waals surface area (Å²) >= 11 is 0. The molecule has 0 spiro atoms. The van der Waals surface area contributed by atoms with Crippen molar-refractivity contribution in [2.24, 2.45) is 0 Å². The second-order valence-electron chi connectivity index (χ2n) is 4.54. The molecule has 1 N–H and O–H groups in total. The number of ether oxygens (including phenoxy) is 1. The lowest BCUT2D eigenvalue weighted by Crippen LogP contribution is -2.08. The molecule has 1 aromatic heterocycles. The van der Waals surface area contributed by atoms with Crippen molar-refractivity contribution in [3.8, 4) is 0 Å². The van der Waals surface area contributed by atoms with Gasteiger partial charge < -0.3 is 10.1 Å². The smallest absolute Gasteiger partial charge is 0.156 e. The van der Waals surface area contributed by atoms with Gasteiger partial charge in [0.1, 0.15) is 12.4 Å². The molecule has 2 rings (SSSR count). The largest absolute Gasteiger partial charge is 0.377 e. The van der Waals surface area contributed by atoms with Crippen LogP contribution in [0, 0.1) is 0 Å². The molecule has 1 aliphatic rings. The maximum Gasteiger partial charge on any atom is 0.156 e. The third-order valence-electron chi connectivity index (χ3n) is 3.20. The van der Waals surface area contributed by atoms with Gasteiger partial charge in [-0.25, -0.2) is 9.97 Å². The minimum atomic E-state index is 0.485. The summed E-state index contributed by atoms with van der Waals surface area (Å²) < 4.78 is 5.13. The summed E-state index contributed by atoms with van der Waals surface area (Å²) in [5.41, 5.74) is 1.18. The predicted molar refractivity (Wildman–Crippen MR) is 68.1 cm³/mol. The molecule has 1 fully saturated rings. The fourth-order valence-corrected chi connectivity index (χ4v) is 2.41. The quantitative estimate of drug-likeness (QED) is 0.852. The normalized spacial score (nSPS) is 16.4. The molecule has 1 heterocycles. The van der Waals surface area contributed by atoms with Gasteiger partial charge in [-0.15, -0.1) is 0 Å². The van der Waals surface area contributed by atoms with Crippen LogP contribution in [0.5, 0.6) is 0 Å². The standard InChI is InChI=1S/C13H21N3O/c1-3-14-12-8-11(10-6-4-5-7-10)15-13(16-12)9-17-2/h8,10H,3-7,9H2,1-2H3,(H,14,15,16). The fourth-order valence-electron chi connectivity index (χ4n) is 2.41. The topological polar surface area (TPSA) is 47.0 Å². The van der Waals surface area contributed by atoms with Crippen molar-refractivity contribution in [3.63, 3.8) is 0 Å². The van der Waals surface area contributed by atoms with Crippen molar-refractivity contribution in [3.05, 3.63) is 17.6 Å². The maximum atomic E-state index is 5.13. The zero-order chi connectivity index (χ0) is 12.1. The molecule has 4 heteroatoms. The molecule has 0 atom stereocenters. The van der Waals surface area contributed by atoms with Gasteiger partial charge in [0.05, 0.1) is 0 Å². The van der Waals surface area contributed by atoms with Crippen LogP contribution in [-0.2, 0) is 11.3 Å². The molecule has 0 aliphatic heterocycles. The minimum Gasteiger partial charge on any atom is -0.377 e. The summed E-state index contributed by atoms with van der Waals surface area (Å²) in [6, 6.07) is 2.10. The maximum absolute atomic E-state index is 5.13. The van der Waals surface area contributed by atoms with E-state index < -0.39 is 0 Å². The van der Waals surface area contributed by atoms with Crippen LogP contribution in [0.2, 0.25) is 0 Å². The highest BCUT2D eigenvalue weighted by Crippen LogP contribution is 2.33. The lowest BCUT2D eigenvalue weighted by molar-refractivity contribution is 0.177. The molecule has 0 bridgehead atoms. The van der Waals surface area contributed by atoms with Crippen LogP contribution in [0.15, 0.2) is 6.07 Å². The van der Waals surface area contributed by atoms with Gasteiger partial charge in [0.25, 0.3) is 0 Å². The van der Waals surface area contributed by atoms with Crippen molar-refractivity contribution in [1.82, 2.24) is 9.97 Å². The first-order valence-corrected chi connectivity index (χ1v) is 6.44. The monoisotopic (exact) mass is 235 g/mol. The van der Waals surface area contributed by atoms with Gasteiger partial charge >= 0.3 is 0 Å². The molecule has 1 aliphatic carbocycles. The summed E-state index contributed by atoms with van der Waals surface area (Å²) in [6.45, 7) is 3.44. The number of nitrogens with one attached hydrogen (secondary N) is 1. The highest BCUT2D eigenvalue weighted by atomic mass is 16.5. The summed E-state index contributed by atoms with van der Waals surface area (Å²) in [7, 11) is 1.68. The van der Waals surface area contributed by atoms with E-state index in [1.807, 2.05) is 0 Å². The van der Waals surface area contributed by atoms with E-state index in [9.17, 15) is 0 Å². The molecule has 1 aromatic rings. The Morgan fingerprint density at radius 1 is 1.35 bits per heavy atom. The van der Waals surface area contributed by atoms with Gasteiger partial charge in [0, 0.05) is 31.3 Å². The lowest BCUT2D eigenvalue weighted by Gasteiger charge is -2.12. The van der Waals surface area contributed by atoms with Crippen LogP contribution >= 0.6 is 0 Å². The Bertz CT molecular complexity index is 337.